The molecule has 0 radical (unpaired) electrons. The predicted molar refractivity (Wildman–Crippen MR) is 80.0 cm³/mol. The summed E-state index contributed by atoms with van der Waals surface area (Å²) in [5.74, 6) is -1.69. The number of aliphatic hydroxyl groups excluding tert-OH is 1. The standard InChI is InChI=1S/C15H16F2N2O2S/c1-8-14(22-9(2)19-8)15(21)18-7-12(20)5-10-3-4-11(16)6-13(10)17/h3-4,6,12,20H,5,7H2,1-2H3,(H,18,21)/t12-/m0/s1. The minimum atomic E-state index is -0.960. The van der Waals surface area contributed by atoms with Gasteiger partial charge in [-0.05, 0) is 25.5 Å². The largest absolute Gasteiger partial charge is 0.391 e. The zero-order valence-corrected chi connectivity index (χ0v) is 13.0. The zero-order valence-electron chi connectivity index (χ0n) is 12.2. The van der Waals surface area contributed by atoms with Crippen molar-refractivity contribution in [3.8, 4) is 0 Å². The van der Waals surface area contributed by atoms with Crippen LogP contribution in [0.2, 0.25) is 0 Å². The molecule has 1 aromatic carbocycles. The summed E-state index contributed by atoms with van der Waals surface area (Å²) in [7, 11) is 0. The van der Waals surface area contributed by atoms with Crippen molar-refractivity contribution >= 4 is 17.2 Å². The van der Waals surface area contributed by atoms with Crippen molar-refractivity contribution in [3.05, 3.63) is 51.0 Å². The molecule has 22 heavy (non-hydrogen) atoms. The lowest BCUT2D eigenvalue weighted by Gasteiger charge is -2.12. The van der Waals surface area contributed by atoms with Crippen LogP contribution >= 0.6 is 11.3 Å². The third kappa shape index (κ3) is 4.08. The van der Waals surface area contributed by atoms with E-state index in [0.29, 0.717) is 10.6 Å². The topological polar surface area (TPSA) is 62.2 Å². The van der Waals surface area contributed by atoms with Gasteiger partial charge in [-0.15, -0.1) is 11.3 Å². The van der Waals surface area contributed by atoms with Gasteiger partial charge in [-0.25, -0.2) is 13.8 Å². The van der Waals surface area contributed by atoms with Crippen LogP contribution in [0.5, 0.6) is 0 Å². The Hall–Kier alpha value is -1.86. The Labute approximate surface area is 130 Å². The summed E-state index contributed by atoms with van der Waals surface area (Å²) >= 11 is 1.28. The van der Waals surface area contributed by atoms with Gasteiger partial charge in [0.05, 0.1) is 16.8 Å². The fourth-order valence-electron chi connectivity index (χ4n) is 2.05. The average Bonchev–Trinajstić information content (AvgIpc) is 2.78. The van der Waals surface area contributed by atoms with Crippen molar-refractivity contribution in [1.82, 2.24) is 10.3 Å². The number of rotatable bonds is 5. The fourth-order valence-corrected chi connectivity index (χ4v) is 2.88. The second-order valence-electron chi connectivity index (χ2n) is 4.95. The van der Waals surface area contributed by atoms with Crippen LogP contribution in [0.3, 0.4) is 0 Å². The summed E-state index contributed by atoms with van der Waals surface area (Å²) in [5, 5.41) is 13.3. The van der Waals surface area contributed by atoms with Gasteiger partial charge in [-0.3, -0.25) is 4.79 Å². The number of aromatic nitrogens is 1. The van der Waals surface area contributed by atoms with Crippen LogP contribution in [0.1, 0.15) is 25.9 Å². The summed E-state index contributed by atoms with van der Waals surface area (Å²) in [5.41, 5.74) is 0.840. The van der Waals surface area contributed by atoms with Gasteiger partial charge in [0.1, 0.15) is 16.5 Å². The number of nitrogens with zero attached hydrogens (tertiary/aromatic N) is 1. The highest BCUT2D eigenvalue weighted by atomic mass is 32.1. The molecule has 1 aromatic heterocycles. The highest BCUT2D eigenvalue weighted by Gasteiger charge is 2.16. The number of amides is 1. The van der Waals surface area contributed by atoms with E-state index in [1.165, 1.54) is 17.4 Å². The molecule has 0 bridgehead atoms. The van der Waals surface area contributed by atoms with Crippen LogP contribution in [-0.2, 0) is 6.42 Å². The van der Waals surface area contributed by atoms with Crippen molar-refractivity contribution in [3.63, 3.8) is 0 Å². The molecule has 0 fully saturated rings. The minimum absolute atomic E-state index is 0.00685. The normalized spacial score (nSPS) is 12.2. The highest BCUT2D eigenvalue weighted by molar-refractivity contribution is 7.13. The lowest BCUT2D eigenvalue weighted by atomic mass is 10.1. The third-order valence-electron chi connectivity index (χ3n) is 3.08. The van der Waals surface area contributed by atoms with Crippen LogP contribution in [0, 0.1) is 25.5 Å². The number of aliphatic hydroxyl groups is 1. The van der Waals surface area contributed by atoms with Gasteiger partial charge in [0.2, 0.25) is 0 Å². The van der Waals surface area contributed by atoms with Crippen LogP contribution in [0.4, 0.5) is 8.78 Å². The molecular weight excluding hydrogens is 310 g/mol. The smallest absolute Gasteiger partial charge is 0.263 e. The van der Waals surface area contributed by atoms with Crippen LogP contribution in [-0.4, -0.2) is 28.6 Å². The SMILES string of the molecule is Cc1nc(C)c(C(=O)NC[C@@H](O)Cc2ccc(F)cc2F)s1. The van der Waals surface area contributed by atoms with E-state index in [1.54, 1.807) is 13.8 Å². The van der Waals surface area contributed by atoms with Crippen LogP contribution < -0.4 is 5.32 Å². The maximum atomic E-state index is 13.5. The summed E-state index contributed by atoms with van der Waals surface area (Å²) in [6.45, 7) is 3.52. The van der Waals surface area contributed by atoms with Gasteiger partial charge < -0.3 is 10.4 Å². The van der Waals surface area contributed by atoms with Crippen molar-refractivity contribution in [2.24, 2.45) is 0 Å². The second-order valence-corrected chi connectivity index (χ2v) is 6.15. The molecule has 0 aliphatic rings. The first-order valence-electron chi connectivity index (χ1n) is 6.71. The molecule has 2 N–H and O–H groups in total. The van der Waals surface area contributed by atoms with Crippen LogP contribution in [0.15, 0.2) is 18.2 Å². The molecule has 4 nitrogen and oxygen atoms in total. The fraction of sp³-hybridized carbons (Fsp3) is 0.333. The maximum absolute atomic E-state index is 13.5. The number of carbonyl (C=O) groups excluding carboxylic acids is 1. The molecule has 1 atom stereocenters. The molecule has 0 aliphatic carbocycles. The number of thiazole rings is 1. The Morgan fingerprint density at radius 1 is 1.41 bits per heavy atom. The van der Waals surface area contributed by atoms with E-state index in [9.17, 15) is 18.7 Å². The number of hydrogen-bond donors (Lipinski definition) is 2. The van der Waals surface area contributed by atoms with Crippen molar-refractivity contribution in [2.75, 3.05) is 6.54 Å². The summed E-state index contributed by atoms with van der Waals surface area (Å²) < 4.78 is 26.3. The van der Waals surface area contributed by atoms with Gasteiger partial charge in [0.25, 0.3) is 5.91 Å². The lowest BCUT2D eigenvalue weighted by Crippen LogP contribution is -2.33. The molecule has 1 heterocycles. The van der Waals surface area contributed by atoms with Crippen molar-refractivity contribution in [1.29, 1.82) is 0 Å². The van der Waals surface area contributed by atoms with E-state index < -0.39 is 17.7 Å². The average molecular weight is 326 g/mol. The number of nitrogens with one attached hydrogen (secondary N) is 1. The predicted octanol–water partition coefficient (Wildman–Crippen LogP) is 2.37. The minimum Gasteiger partial charge on any atom is -0.391 e. The Balaban J connectivity index is 1.91. The second kappa shape index (κ2) is 6.93. The highest BCUT2D eigenvalue weighted by Crippen LogP contribution is 2.17. The van der Waals surface area contributed by atoms with E-state index in [-0.39, 0.29) is 24.4 Å². The molecular formula is C15H16F2N2O2S. The zero-order chi connectivity index (χ0) is 16.3. The van der Waals surface area contributed by atoms with E-state index in [2.05, 4.69) is 10.3 Å². The van der Waals surface area contributed by atoms with Crippen molar-refractivity contribution < 1.29 is 18.7 Å². The molecule has 0 saturated heterocycles. The molecule has 1 amide bonds. The monoisotopic (exact) mass is 326 g/mol. The van der Waals surface area contributed by atoms with E-state index >= 15 is 0 Å². The van der Waals surface area contributed by atoms with Gasteiger partial charge in [0, 0.05) is 19.0 Å². The Morgan fingerprint density at radius 2 is 2.14 bits per heavy atom. The van der Waals surface area contributed by atoms with E-state index in [4.69, 9.17) is 0 Å². The van der Waals surface area contributed by atoms with Crippen molar-refractivity contribution in [2.45, 2.75) is 26.4 Å². The van der Waals surface area contributed by atoms with Gasteiger partial charge in [-0.2, -0.15) is 0 Å². The summed E-state index contributed by atoms with van der Waals surface area (Å²) in [6, 6.07) is 3.18. The summed E-state index contributed by atoms with van der Waals surface area (Å²) in [4.78, 5) is 16.6. The first-order chi connectivity index (χ1) is 10.4. The molecule has 0 saturated carbocycles. The molecule has 7 heteroatoms. The summed E-state index contributed by atoms with van der Waals surface area (Å²) in [6.07, 6.45) is -0.967. The quantitative estimate of drug-likeness (QED) is 0.887. The Morgan fingerprint density at radius 3 is 2.73 bits per heavy atom. The molecule has 0 unspecified atom stereocenters. The number of carbonyl (C=O) groups is 1. The number of aryl methyl sites for hydroxylation is 2. The lowest BCUT2D eigenvalue weighted by molar-refractivity contribution is 0.0919. The number of hydrogen-bond acceptors (Lipinski definition) is 4. The number of benzene rings is 1. The van der Waals surface area contributed by atoms with Gasteiger partial charge in [-0.1, -0.05) is 6.07 Å². The molecule has 2 aromatic rings. The van der Waals surface area contributed by atoms with E-state index in [0.717, 1.165) is 17.1 Å². The molecule has 0 spiro atoms. The molecule has 118 valence electrons. The molecule has 2 rings (SSSR count). The third-order valence-corrected chi connectivity index (χ3v) is 4.15. The first-order valence-corrected chi connectivity index (χ1v) is 7.52. The Bertz CT molecular complexity index is 688. The maximum Gasteiger partial charge on any atom is 0.263 e. The Kier molecular flexibility index (Phi) is 5.20. The van der Waals surface area contributed by atoms with Crippen LogP contribution in [0.25, 0.3) is 0 Å². The number of halogens is 2. The molecule has 0 aliphatic heterocycles. The van der Waals surface area contributed by atoms with E-state index in [1.807, 2.05) is 0 Å². The van der Waals surface area contributed by atoms with Gasteiger partial charge >= 0.3 is 0 Å². The van der Waals surface area contributed by atoms with Gasteiger partial charge in [0.15, 0.2) is 0 Å². The first kappa shape index (κ1) is 16.5.